The summed E-state index contributed by atoms with van der Waals surface area (Å²) >= 11 is 8.92. The molecule has 20 heavy (non-hydrogen) atoms. The van der Waals surface area contributed by atoms with Gasteiger partial charge in [0.1, 0.15) is 9.87 Å². The maximum atomic E-state index is 5.37. The van der Waals surface area contributed by atoms with Gasteiger partial charge in [-0.25, -0.2) is 19.6 Å². The third-order valence-corrected chi connectivity index (χ3v) is 2.59. The first kappa shape index (κ1) is 20.5. The smallest absolute Gasteiger partial charge is 0.143 e. The Bertz CT molecular complexity index is 261. The van der Waals surface area contributed by atoms with Crippen molar-refractivity contribution in [1.29, 1.82) is 0 Å². The average Bonchev–Trinajstić information content (AvgIpc) is 2.20. The van der Waals surface area contributed by atoms with Gasteiger partial charge < -0.3 is 0 Å². The van der Waals surface area contributed by atoms with E-state index >= 15 is 0 Å². The molecular weight excluding hydrogens is 296 g/mol. The van der Waals surface area contributed by atoms with Crippen LogP contribution in [0, 0.1) is 0 Å². The summed E-state index contributed by atoms with van der Waals surface area (Å²) in [7, 11) is 0. The summed E-state index contributed by atoms with van der Waals surface area (Å²) in [6, 6.07) is 0. The van der Waals surface area contributed by atoms with Crippen LogP contribution in [0.3, 0.4) is 0 Å². The Balaban J connectivity index is 4.23. The summed E-state index contributed by atoms with van der Waals surface area (Å²) in [6.45, 7) is 15.2. The number of rotatable bonds is 7. The van der Waals surface area contributed by atoms with Crippen molar-refractivity contribution in [3.05, 3.63) is 0 Å². The highest BCUT2D eigenvalue weighted by atomic mass is 32.1. The van der Waals surface area contributed by atoms with E-state index in [9.17, 15) is 0 Å². The maximum absolute atomic E-state index is 5.37. The molecule has 2 unspecified atom stereocenters. The summed E-state index contributed by atoms with van der Waals surface area (Å²) in [4.78, 5) is 19.9. The van der Waals surface area contributed by atoms with E-state index in [2.05, 4.69) is 25.3 Å². The first-order chi connectivity index (χ1) is 8.62. The lowest BCUT2D eigenvalue weighted by Gasteiger charge is -2.32. The average molecular weight is 327 g/mol. The first-order valence-corrected chi connectivity index (χ1v) is 7.70. The molecular formula is C14H30O4S2. The molecule has 0 heterocycles. The van der Waals surface area contributed by atoms with E-state index in [0.29, 0.717) is 12.8 Å². The number of thiol groups is 2. The third kappa shape index (κ3) is 12.3. The van der Waals surface area contributed by atoms with Crippen molar-refractivity contribution in [2.45, 2.75) is 89.3 Å². The Morgan fingerprint density at radius 2 is 0.800 bits per heavy atom. The molecule has 4 nitrogen and oxygen atoms in total. The van der Waals surface area contributed by atoms with Crippen LogP contribution in [0.1, 0.15) is 68.2 Å². The molecule has 0 aliphatic rings. The lowest BCUT2D eigenvalue weighted by Crippen LogP contribution is -2.33. The van der Waals surface area contributed by atoms with E-state index in [1.54, 1.807) is 0 Å². The van der Waals surface area contributed by atoms with E-state index in [1.165, 1.54) is 0 Å². The standard InChI is InChI=1S/C14H30O4S2/c1-11(2,3)15-17-13(7,19)9-10-14(8,20)18-16-12(4,5)6/h19-20H,9-10H2,1-8H3. The van der Waals surface area contributed by atoms with Crippen LogP contribution in [0.4, 0.5) is 0 Å². The first-order valence-electron chi connectivity index (χ1n) is 6.80. The number of hydrogen-bond donors (Lipinski definition) is 2. The van der Waals surface area contributed by atoms with Gasteiger partial charge in [0, 0.05) is 0 Å². The molecule has 0 radical (unpaired) electrons. The van der Waals surface area contributed by atoms with Crippen molar-refractivity contribution in [1.82, 2.24) is 0 Å². The SMILES string of the molecule is CC(C)(C)OOC(C)(S)CCC(C)(S)OOC(C)(C)C. The molecule has 0 rings (SSSR count). The molecule has 0 aromatic heterocycles. The minimum atomic E-state index is -0.720. The van der Waals surface area contributed by atoms with Crippen LogP contribution in [0.25, 0.3) is 0 Å². The molecule has 122 valence electrons. The Kier molecular flexibility index (Phi) is 7.40. The van der Waals surface area contributed by atoms with Gasteiger partial charge in [0.25, 0.3) is 0 Å². The minimum Gasteiger partial charge on any atom is -0.230 e. The highest BCUT2D eigenvalue weighted by Gasteiger charge is 2.31. The van der Waals surface area contributed by atoms with Crippen molar-refractivity contribution in [2.24, 2.45) is 0 Å². The van der Waals surface area contributed by atoms with Crippen LogP contribution in [0.15, 0.2) is 0 Å². The quantitative estimate of drug-likeness (QED) is 0.311. The largest absolute Gasteiger partial charge is 0.230 e. The Hall–Kier alpha value is 0.540. The lowest BCUT2D eigenvalue weighted by atomic mass is 10.1. The summed E-state index contributed by atoms with van der Waals surface area (Å²) < 4.78 is 0. The van der Waals surface area contributed by atoms with Crippen LogP contribution in [-0.4, -0.2) is 21.1 Å². The molecule has 0 amide bonds. The maximum Gasteiger partial charge on any atom is 0.143 e. The topological polar surface area (TPSA) is 36.9 Å². The lowest BCUT2D eigenvalue weighted by molar-refractivity contribution is -0.390. The fourth-order valence-electron chi connectivity index (χ4n) is 0.977. The predicted octanol–water partition coefficient (Wildman–Crippen LogP) is 4.55. The monoisotopic (exact) mass is 326 g/mol. The summed E-state index contributed by atoms with van der Waals surface area (Å²) in [6.07, 6.45) is 1.19. The van der Waals surface area contributed by atoms with Crippen LogP contribution in [0.5, 0.6) is 0 Å². The molecule has 0 saturated heterocycles. The van der Waals surface area contributed by atoms with E-state index in [1.807, 2.05) is 55.4 Å². The van der Waals surface area contributed by atoms with Gasteiger partial charge >= 0.3 is 0 Å². The van der Waals surface area contributed by atoms with Crippen LogP contribution in [0.2, 0.25) is 0 Å². The zero-order valence-corrected chi connectivity index (χ0v) is 15.7. The van der Waals surface area contributed by atoms with Crippen LogP contribution in [-0.2, 0) is 19.6 Å². The Labute approximate surface area is 134 Å². The molecule has 0 aromatic rings. The Morgan fingerprint density at radius 3 is 1.00 bits per heavy atom. The summed E-state index contributed by atoms with van der Waals surface area (Å²) in [5.74, 6) is 0. The van der Waals surface area contributed by atoms with Gasteiger partial charge in [-0.3, -0.25) is 0 Å². The molecule has 0 fully saturated rings. The second-order valence-corrected chi connectivity index (χ2v) is 9.30. The molecule has 6 heteroatoms. The van der Waals surface area contributed by atoms with Crippen molar-refractivity contribution in [2.75, 3.05) is 0 Å². The fourth-order valence-corrected chi connectivity index (χ4v) is 1.27. The van der Waals surface area contributed by atoms with Crippen molar-refractivity contribution in [3.63, 3.8) is 0 Å². The normalized spacial score (nSPS) is 19.5. The minimum absolute atomic E-state index is 0.375. The van der Waals surface area contributed by atoms with E-state index in [4.69, 9.17) is 19.6 Å². The Morgan fingerprint density at radius 1 is 0.550 bits per heavy atom. The van der Waals surface area contributed by atoms with Gasteiger partial charge in [-0.05, 0) is 68.2 Å². The molecule has 0 spiro atoms. The number of hydrogen-bond acceptors (Lipinski definition) is 6. The van der Waals surface area contributed by atoms with Crippen LogP contribution < -0.4 is 0 Å². The molecule has 0 N–H and O–H groups in total. The van der Waals surface area contributed by atoms with Crippen molar-refractivity contribution in [3.8, 4) is 0 Å². The highest BCUT2D eigenvalue weighted by Crippen LogP contribution is 2.32. The van der Waals surface area contributed by atoms with Gasteiger partial charge in [-0.15, -0.1) is 25.3 Å². The third-order valence-electron chi connectivity index (χ3n) is 2.00. The molecule has 0 aliphatic carbocycles. The van der Waals surface area contributed by atoms with Gasteiger partial charge in [-0.1, -0.05) is 0 Å². The van der Waals surface area contributed by atoms with Crippen LogP contribution >= 0.6 is 25.3 Å². The van der Waals surface area contributed by atoms with Gasteiger partial charge in [-0.2, -0.15) is 0 Å². The van der Waals surface area contributed by atoms with E-state index < -0.39 is 9.87 Å². The predicted molar refractivity (Wildman–Crippen MR) is 87.9 cm³/mol. The molecule has 0 aromatic carbocycles. The van der Waals surface area contributed by atoms with Gasteiger partial charge in [0.15, 0.2) is 0 Å². The van der Waals surface area contributed by atoms with Gasteiger partial charge in [0.2, 0.25) is 0 Å². The molecule has 2 atom stereocenters. The second kappa shape index (κ2) is 7.20. The summed E-state index contributed by atoms with van der Waals surface area (Å²) in [5.41, 5.74) is -0.750. The summed E-state index contributed by atoms with van der Waals surface area (Å²) in [5, 5.41) is 0. The highest BCUT2D eigenvalue weighted by molar-refractivity contribution is 7.81. The zero-order valence-electron chi connectivity index (χ0n) is 13.9. The second-order valence-electron chi connectivity index (χ2n) is 7.41. The van der Waals surface area contributed by atoms with Crippen molar-refractivity contribution < 1.29 is 19.6 Å². The van der Waals surface area contributed by atoms with Gasteiger partial charge in [0.05, 0.1) is 11.2 Å². The molecule has 0 bridgehead atoms. The van der Waals surface area contributed by atoms with E-state index in [-0.39, 0.29) is 11.2 Å². The molecule has 0 aliphatic heterocycles. The fraction of sp³-hybridized carbons (Fsp3) is 1.00. The zero-order chi connectivity index (χ0) is 16.2. The van der Waals surface area contributed by atoms with E-state index in [0.717, 1.165) is 0 Å². The molecule has 0 saturated carbocycles. The van der Waals surface area contributed by atoms with Crippen molar-refractivity contribution >= 4 is 25.3 Å².